The lowest BCUT2D eigenvalue weighted by atomic mass is 10.1. The van der Waals surface area contributed by atoms with Crippen LogP contribution in [0.4, 0.5) is 19.0 Å². The van der Waals surface area contributed by atoms with Crippen LogP contribution in [0.15, 0.2) is 42.6 Å². The SMILES string of the molecule is NCc1ccc(CNc2ncccc2C(F)(F)F)cc1. The van der Waals surface area contributed by atoms with E-state index in [2.05, 4.69) is 10.3 Å². The van der Waals surface area contributed by atoms with Crippen LogP contribution in [0.1, 0.15) is 16.7 Å². The van der Waals surface area contributed by atoms with Crippen molar-refractivity contribution in [1.82, 2.24) is 4.98 Å². The number of nitrogens with two attached hydrogens (primary N) is 1. The molecule has 1 heterocycles. The Labute approximate surface area is 114 Å². The fourth-order valence-corrected chi connectivity index (χ4v) is 1.75. The molecule has 0 saturated heterocycles. The average Bonchev–Trinajstić information content (AvgIpc) is 2.45. The Balaban J connectivity index is 2.10. The molecule has 2 rings (SSSR count). The number of halogens is 3. The zero-order chi connectivity index (χ0) is 14.6. The van der Waals surface area contributed by atoms with Gasteiger partial charge in [-0.2, -0.15) is 13.2 Å². The predicted molar refractivity (Wildman–Crippen MR) is 70.9 cm³/mol. The van der Waals surface area contributed by atoms with Crippen molar-refractivity contribution in [3.05, 3.63) is 59.3 Å². The Hall–Kier alpha value is -2.08. The second-order valence-corrected chi connectivity index (χ2v) is 4.27. The van der Waals surface area contributed by atoms with Gasteiger partial charge in [-0.05, 0) is 23.3 Å². The van der Waals surface area contributed by atoms with Crippen molar-refractivity contribution in [2.75, 3.05) is 5.32 Å². The summed E-state index contributed by atoms with van der Waals surface area (Å²) in [6.07, 6.45) is -3.09. The maximum absolute atomic E-state index is 12.8. The Bertz CT molecular complexity index is 565. The van der Waals surface area contributed by atoms with E-state index in [4.69, 9.17) is 5.73 Å². The van der Waals surface area contributed by atoms with E-state index in [9.17, 15) is 13.2 Å². The van der Waals surface area contributed by atoms with Gasteiger partial charge in [0.25, 0.3) is 0 Å². The summed E-state index contributed by atoms with van der Waals surface area (Å²) >= 11 is 0. The molecular formula is C14H14F3N3. The van der Waals surface area contributed by atoms with E-state index in [0.717, 1.165) is 17.2 Å². The summed E-state index contributed by atoms with van der Waals surface area (Å²) in [5.74, 6) is -0.164. The summed E-state index contributed by atoms with van der Waals surface area (Å²) in [7, 11) is 0. The van der Waals surface area contributed by atoms with Gasteiger partial charge in [-0.1, -0.05) is 24.3 Å². The normalized spacial score (nSPS) is 11.4. The van der Waals surface area contributed by atoms with Crippen molar-refractivity contribution in [3.8, 4) is 0 Å². The minimum absolute atomic E-state index is 0.164. The number of alkyl halides is 3. The van der Waals surface area contributed by atoms with Crippen molar-refractivity contribution in [2.24, 2.45) is 5.73 Å². The summed E-state index contributed by atoms with van der Waals surface area (Å²) in [4.78, 5) is 3.74. The van der Waals surface area contributed by atoms with Gasteiger partial charge in [-0.3, -0.25) is 0 Å². The van der Waals surface area contributed by atoms with Gasteiger partial charge in [0.15, 0.2) is 0 Å². The second kappa shape index (κ2) is 5.92. The monoisotopic (exact) mass is 281 g/mol. The fraction of sp³-hybridized carbons (Fsp3) is 0.214. The highest BCUT2D eigenvalue weighted by atomic mass is 19.4. The van der Waals surface area contributed by atoms with Crippen molar-refractivity contribution in [3.63, 3.8) is 0 Å². The second-order valence-electron chi connectivity index (χ2n) is 4.27. The van der Waals surface area contributed by atoms with Crippen LogP contribution < -0.4 is 11.1 Å². The van der Waals surface area contributed by atoms with E-state index >= 15 is 0 Å². The lowest BCUT2D eigenvalue weighted by Gasteiger charge is -2.13. The molecule has 6 heteroatoms. The lowest BCUT2D eigenvalue weighted by molar-refractivity contribution is -0.137. The molecule has 106 valence electrons. The average molecular weight is 281 g/mol. The molecule has 1 aromatic carbocycles. The number of pyridine rings is 1. The van der Waals surface area contributed by atoms with E-state index in [-0.39, 0.29) is 12.4 Å². The molecule has 3 nitrogen and oxygen atoms in total. The number of aromatic nitrogens is 1. The molecule has 1 aromatic heterocycles. The van der Waals surface area contributed by atoms with Crippen LogP contribution in [0.25, 0.3) is 0 Å². The van der Waals surface area contributed by atoms with Crippen LogP contribution in [-0.4, -0.2) is 4.98 Å². The third-order valence-corrected chi connectivity index (χ3v) is 2.83. The summed E-state index contributed by atoms with van der Waals surface area (Å²) in [6, 6.07) is 9.62. The van der Waals surface area contributed by atoms with Crippen molar-refractivity contribution < 1.29 is 13.2 Å². The maximum atomic E-state index is 12.8. The zero-order valence-corrected chi connectivity index (χ0v) is 10.6. The molecule has 0 aliphatic carbocycles. The lowest BCUT2D eigenvalue weighted by Crippen LogP contribution is -2.12. The van der Waals surface area contributed by atoms with Crippen LogP contribution in [0.2, 0.25) is 0 Å². The summed E-state index contributed by atoms with van der Waals surface area (Å²) in [6.45, 7) is 0.705. The first-order valence-electron chi connectivity index (χ1n) is 6.04. The Kier molecular flexibility index (Phi) is 4.24. The molecular weight excluding hydrogens is 267 g/mol. The third-order valence-electron chi connectivity index (χ3n) is 2.83. The minimum atomic E-state index is -4.42. The molecule has 3 N–H and O–H groups in total. The molecule has 0 unspecified atom stereocenters. The standard InChI is InChI=1S/C14H14F3N3/c15-14(16,17)12-2-1-7-19-13(12)20-9-11-5-3-10(8-18)4-6-11/h1-7H,8-9,18H2,(H,19,20). The molecule has 0 aliphatic heterocycles. The first kappa shape index (κ1) is 14.3. The molecule has 0 radical (unpaired) electrons. The molecule has 2 aromatic rings. The summed E-state index contributed by atoms with van der Waals surface area (Å²) in [5, 5.41) is 2.71. The third kappa shape index (κ3) is 3.48. The van der Waals surface area contributed by atoms with E-state index in [1.54, 1.807) is 0 Å². The topological polar surface area (TPSA) is 50.9 Å². The highest BCUT2D eigenvalue weighted by molar-refractivity contribution is 5.46. The highest BCUT2D eigenvalue weighted by Gasteiger charge is 2.33. The largest absolute Gasteiger partial charge is 0.419 e. The zero-order valence-electron chi connectivity index (χ0n) is 10.6. The van der Waals surface area contributed by atoms with Crippen LogP contribution in [0.3, 0.4) is 0 Å². The highest BCUT2D eigenvalue weighted by Crippen LogP contribution is 2.33. The molecule has 20 heavy (non-hydrogen) atoms. The van der Waals surface area contributed by atoms with Crippen LogP contribution in [0.5, 0.6) is 0 Å². The number of nitrogens with one attached hydrogen (secondary N) is 1. The molecule has 0 atom stereocenters. The van der Waals surface area contributed by atoms with Crippen LogP contribution in [0, 0.1) is 0 Å². The Morgan fingerprint density at radius 3 is 2.30 bits per heavy atom. The molecule has 0 saturated carbocycles. The number of anilines is 1. The molecule has 0 spiro atoms. The number of rotatable bonds is 4. The van der Waals surface area contributed by atoms with Gasteiger partial charge in [-0.15, -0.1) is 0 Å². The van der Waals surface area contributed by atoms with E-state index in [0.29, 0.717) is 6.54 Å². The van der Waals surface area contributed by atoms with Crippen LogP contribution >= 0.6 is 0 Å². The van der Waals surface area contributed by atoms with E-state index < -0.39 is 11.7 Å². The van der Waals surface area contributed by atoms with Gasteiger partial charge in [0.05, 0.1) is 5.56 Å². The van der Waals surface area contributed by atoms with Gasteiger partial charge in [0.1, 0.15) is 5.82 Å². The number of hydrogen-bond donors (Lipinski definition) is 2. The number of hydrogen-bond acceptors (Lipinski definition) is 3. The van der Waals surface area contributed by atoms with Crippen molar-refractivity contribution in [1.29, 1.82) is 0 Å². The van der Waals surface area contributed by atoms with Gasteiger partial charge < -0.3 is 11.1 Å². The van der Waals surface area contributed by atoms with Crippen molar-refractivity contribution >= 4 is 5.82 Å². The van der Waals surface area contributed by atoms with E-state index in [1.165, 1.54) is 12.3 Å². The molecule has 0 aliphatic rings. The molecule has 0 bridgehead atoms. The Morgan fingerprint density at radius 1 is 1.05 bits per heavy atom. The van der Waals surface area contributed by atoms with Crippen molar-refractivity contribution in [2.45, 2.75) is 19.3 Å². The van der Waals surface area contributed by atoms with Gasteiger partial charge in [0.2, 0.25) is 0 Å². The summed E-state index contributed by atoms with van der Waals surface area (Å²) < 4.78 is 38.3. The minimum Gasteiger partial charge on any atom is -0.365 e. The van der Waals surface area contributed by atoms with E-state index in [1.807, 2.05) is 24.3 Å². The number of nitrogens with zero attached hydrogens (tertiary/aromatic N) is 1. The number of benzene rings is 1. The molecule has 0 amide bonds. The van der Waals surface area contributed by atoms with Gasteiger partial charge >= 0.3 is 6.18 Å². The predicted octanol–water partition coefficient (Wildman–Crippen LogP) is 3.17. The van der Waals surface area contributed by atoms with Crippen LogP contribution in [-0.2, 0) is 19.3 Å². The first-order valence-corrected chi connectivity index (χ1v) is 6.04. The fourth-order valence-electron chi connectivity index (χ4n) is 1.75. The quantitative estimate of drug-likeness (QED) is 0.905. The summed E-state index contributed by atoms with van der Waals surface area (Å²) in [5.41, 5.74) is 6.55. The van der Waals surface area contributed by atoms with Gasteiger partial charge in [-0.25, -0.2) is 4.98 Å². The van der Waals surface area contributed by atoms with Gasteiger partial charge in [0, 0.05) is 19.3 Å². The smallest absolute Gasteiger partial charge is 0.365 e. The molecule has 0 fully saturated rings. The first-order chi connectivity index (χ1) is 9.50. The maximum Gasteiger partial charge on any atom is 0.419 e. The Morgan fingerprint density at radius 2 is 1.70 bits per heavy atom.